The number of amides is 2. The minimum Gasteiger partial charge on any atom is -0.377 e. The topological polar surface area (TPSA) is 50.4 Å². The van der Waals surface area contributed by atoms with Crippen LogP contribution in [-0.4, -0.2) is 25.8 Å². The molecule has 1 atom stereocenters. The molecule has 5 heteroatoms. The minimum atomic E-state index is -0.317. The molecular formula is C17H25FN2O2. The summed E-state index contributed by atoms with van der Waals surface area (Å²) < 4.78 is 17.6. The fourth-order valence-corrected chi connectivity index (χ4v) is 1.81. The Morgan fingerprint density at radius 3 is 2.50 bits per heavy atom. The van der Waals surface area contributed by atoms with Crippen LogP contribution in [0, 0.1) is 11.7 Å². The van der Waals surface area contributed by atoms with Crippen LogP contribution in [0.2, 0.25) is 0 Å². The summed E-state index contributed by atoms with van der Waals surface area (Å²) in [5.41, 5.74) is 0.581. The first kappa shape index (κ1) is 18.2. The fourth-order valence-electron chi connectivity index (χ4n) is 1.81. The molecule has 1 unspecified atom stereocenters. The quantitative estimate of drug-likeness (QED) is 0.827. The third kappa shape index (κ3) is 7.78. The van der Waals surface area contributed by atoms with Crippen molar-refractivity contribution < 1.29 is 13.9 Å². The number of hydrogen-bond acceptors (Lipinski definition) is 2. The van der Waals surface area contributed by atoms with Crippen LogP contribution in [0.15, 0.2) is 36.4 Å². The van der Waals surface area contributed by atoms with Crippen molar-refractivity contribution in [1.29, 1.82) is 0 Å². The van der Waals surface area contributed by atoms with E-state index in [-0.39, 0.29) is 11.8 Å². The lowest BCUT2D eigenvalue weighted by Crippen LogP contribution is -2.31. The van der Waals surface area contributed by atoms with Crippen molar-refractivity contribution in [3.8, 4) is 0 Å². The number of allylic oxidation sites excluding steroid dienone is 1. The zero-order chi connectivity index (χ0) is 16.4. The van der Waals surface area contributed by atoms with Gasteiger partial charge in [-0.2, -0.15) is 0 Å². The van der Waals surface area contributed by atoms with Crippen molar-refractivity contribution in [2.45, 2.75) is 32.8 Å². The van der Waals surface area contributed by atoms with Crippen molar-refractivity contribution in [1.82, 2.24) is 5.32 Å². The van der Waals surface area contributed by atoms with Crippen molar-refractivity contribution in [3.05, 3.63) is 42.2 Å². The van der Waals surface area contributed by atoms with E-state index in [1.54, 1.807) is 7.11 Å². The molecule has 0 aliphatic heterocycles. The molecule has 0 heterocycles. The van der Waals surface area contributed by atoms with Crippen LogP contribution in [0.1, 0.15) is 26.7 Å². The molecule has 0 saturated carbocycles. The molecule has 2 N–H and O–H groups in total. The number of hydrogen-bond donors (Lipinski definition) is 2. The normalized spacial score (nSPS) is 16.1. The summed E-state index contributed by atoms with van der Waals surface area (Å²) in [6.07, 6.45) is 7.06. The summed E-state index contributed by atoms with van der Waals surface area (Å²) in [5, 5.41) is 5.31. The Hall–Kier alpha value is -1.88. The summed E-state index contributed by atoms with van der Waals surface area (Å²) in [5.74, 6) is 0.0899. The number of rotatable bonds is 4. The van der Waals surface area contributed by atoms with Gasteiger partial charge in [0.05, 0.1) is 6.10 Å². The van der Waals surface area contributed by atoms with Crippen molar-refractivity contribution in [3.63, 3.8) is 0 Å². The third-order valence-electron chi connectivity index (χ3n) is 3.04. The number of carbonyl (C=O) groups is 1. The molecule has 0 fully saturated rings. The summed E-state index contributed by atoms with van der Waals surface area (Å²) >= 11 is 0. The number of carbonyl (C=O) groups excluding carboxylic acids is 1. The van der Waals surface area contributed by atoms with Crippen LogP contribution >= 0.6 is 0 Å². The molecule has 2 amide bonds. The van der Waals surface area contributed by atoms with Crippen molar-refractivity contribution in [2.75, 3.05) is 19.0 Å². The van der Waals surface area contributed by atoms with E-state index in [9.17, 15) is 9.18 Å². The summed E-state index contributed by atoms with van der Waals surface area (Å²) in [4.78, 5) is 11.3. The van der Waals surface area contributed by atoms with Crippen LogP contribution in [0.4, 0.5) is 14.9 Å². The Bertz CT molecular complexity index is 472. The number of halogens is 1. The van der Waals surface area contributed by atoms with Gasteiger partial charge in [-0.15, -0.1) is 0 Å². The van der Waals surface area contributed by atoms with Crippen LogP contribution in [0.25, 0.3) is 0 Å². The van der Waals surface area contributed by atoms with Gasteiger partial charge >= 0.3 is 6.03 Å². The molecule has 4 nitrogen and oxygen atoms in total. The van der Waals surface area contributed by atoms with Crippen LogP contribution < -0.4 is 10.6 Å². The predicted octanol–water partition coefficient (Wildman–Crippen LogP) is 3.95. The van der Waals surface area contributed by atoms with Gasteiger partial charge in [-0.3, -0.25) is 0 Å². The highest BCUT2D eigenvalue weighted by Gasteiger charge is 2.04. The lowest BCUT2D eigenvalue weighted by atomic mass is 10.2. The molecule has 1 aromatic carbocycles. The average Bonchev–Trinajstić information content (AvgIpc) is 3.02. The maximum atomic E-state index is 12.5. The number of nitrogens with one attached hydrogen (secondary N) is 2. The zero-order valence-corrected chi connectivity index (χ0v) is 13.4. The van der Waals surface area contributed by atoms with Crippen LogP contribution in [0.5, 0.6) is 0 Å². The molecule has 0 saturated heterocycles. The molecule has 122 valence electrons. The van der Waals surface area contributed by atoms with E-state index in [0.717, 1.165) is 0 Å². The third-order valence-corrected chi connectivity index (χ3v) is 3.04. The van der Waals surface area contributed by atoms with Crippen LogP contribution in [-0.2, 0) is 4.74 Å². The Balaban J connectivity index is 0.000000287. The summed E-state index contributed by atoms with van der Waals surface area (Å²) in [6, 6.07) is 5.38. The number of anilines is 1. The van der Waals surface area contributed by atoms with E-state index >= 15 is 0 Å². The SMILES string of the molecule is CC(C)CNC(=O)Nc1ccc(F)cc1.COC1C=CCC1. The van der Waals surface area contributed by atoms with E-state index in [4.69, 9.17) is 4.74 Å². The minimum absolute atomic E-state index is 0.268. The molecule has 0 bridgehead atoms. The maximum Gasteiger partial charge on any atom is 0.319 e. The second kappa shape index (κ2) is 9.95. The molecule has 1 aliphatic rings. The Morgan fingerprint density at radius 2 is 2.05 bits per heavy atom. The summed E-state index contributed by atoms with van der Waals surface area (Å²) in [6.45, 7) is 4.64. The van der Waals surface area contributed by atoms with E-state index in [2.05, 4.69) is 22.8 Å². The van der Waals surface area contributed by atoms with E-state index in [0.29, 0.717) is 24.3 Å². The van der Waals surface area contributed by atoms with Gasteiger partial charge in [-0.05, 0) is 43.0 Å². The molecule has 2 rings (SSSR count). The highest BCUT2D eigenvalue weighted by atomic mass is 19.1. The van der Waals surface area contributed by atoms with Crippen molar-refractivity contribution >= 4 is 11.7 Å². The molecule has 0 aromatic heterocycles. The largest absolute Gasteiger partial charge is 0.377 e. The first-order chi connectivity index (χ1) is 10.5. The first-order valence-electron chi connectivity index (χ1n) is 7.51. The smallest absolute Gasteiger partial charge is 0.319 e. The Kier molecular flexibility index (Phi) is 8.22. The second-order valence-corrected chi connectivity index (χ2v) is 5.52. The highest BCUT2D eigenvalue weighted by Crippen LogP contribution is 2.10. The summed E-state index contributed by atoms with van der Waals surface area (Å²) in [7, 11) is 1.75. The zero-order valence-electron chi connectivity index (χ0n) is 13.4. The van der Waals surface area contributed by atoms with Gasteiger partial charge in [-0.1, -0.05) is 26.0 Å². The predicted molar refractivity (Wildman–Crippen MR) is 87.4 cm³/mol. The molecule has 0 radical (unpaired) electrons. The molecule has 0 spiro atoms. The number of ether oxygens (including phenoxy) is 1. The number of benzene rings is 1. The van der Waals surface area contributed by atoms with Gasteiger partial charge in [0.1, 0.15) is 5.82 Å². The van der Waals surface area contributed by atoms with E-state index in [1.165, 1.54) is 37.1 Å². The lowest BCUT2D eigenvalue weighted by Gasteiger charge is -2.09. The lowest BCUT2D eigenvalue weighted by molar-refractivity contribution is 0.141. The van der Waals surface area contributed by atoms with E-state index in [1.807, 2.05) is 13.8 Å². The average molecular weight is 308 g/mol. The van der Waals surface area contributed by atoms with E-state index < -0.39 is 0 Å². The fraction of sp³-hybridized carbons (Fsp3) is 0.471. The number of methoxy groups -OCH3 is 1. The molecular weight excluding hydrogens is 283 g/mol. The highest BCUT2D eigenvalue weighted by molar-refractivity contribution is 5.89. The standard InChI is InChI=1S/C11H15FN2O.C6H10O/c1-8(2)7-13-11(15)14-10-5-3-9(12)4-6-10;1-7-6-4-2-3-5-6/h3-6,8H,7H2,1-2H3,(H2,13,14,15);2,4,6H,3,5H2,1H3. The van der Waals surface area contributed by atoms with Gasteiger partial charge in [0.25, 0.3) is 0 Å². The Labute approximate surface area is 131 Å². The molecule has 22 heavy (non-hydrogen) atoms. The van der Waals surface area contributed by atoms with Crippen LogP contribution in [0.3, 0.4) is 0 Å². The van der Waals surface area contributed by atoms with Gasteiger partial charge in [0, 0.05) is 19.3 Å². The van der Waals surface area contributed by atoms with Crippen molar-refractivity contribution in [2.24, 2.45) is 5.92 Å². The number of urea groups is 1. The Morgan fingerprint density at radius 1 is 1.36 bits per heavy atom. The van der Waals surface area contributed by atoms with Gasteiger partial charge in [0.2, 0.25) is 0 Å². The maximum absolute atomic E-state index is 12.5. The molecule has 1 aliphatic carbocycles. The van der Waals surface area contributed by atoms with Gasteiger partial charge < -0.3 is 15.4 Å². The van der Waals surface area contributed by atoms with Gasteiger partial charge in [-0.25, -0.2) is 9.18 Å². The van der Waals surface area contributed by atoms with Gasteiger partial charge in [0.15, 0.2) is 0 Å². The second-order valence-electron chi connectivity index (χ2n) is 5.52. The monoisotopic (exact) mass is 308 g/mol. The first-order valence-corrected chi connectivity index (χ1v) is 7.51. The molecule has 1 aromatic rings.